The number of alkyl carbamates (subject to hydrolysis) is 1. The van der Waals surface area contributed by atoms with Crippen LogP contribution < -0.4 is 15.7 Å². The minimum atomic E-state index is -1.31. The van der Waals surface area contributed by atoms with Crippen LogP contribution in [0.5, 0.6) is 0 Å². The molecular weight excluding hydrogens is 484 g/mol. The van der Waals surface area contributed by atoms with Crippen LogP contribution in [0, 0.1) is 13.8 Å². The molecule has 0 heterocycles. The molecular formula is C30H44N2O6. The Morgan fingerprint density at radius 1 is 0.947 bits per heavy atom. The molecule has 2 rings (SSSR count). The number of carboxylic acids is 1. The summed E-state index contributed by atoms with van der Waals surface area (Å²) in [5.74, 6) is -2.78. The first-order valence-electron chi connectivity index (χ1n) is 12.9. The number of esters is 1. The first-order valence-corrected chi connectivity index (χ1v) is 12.9. The summed E-state index contributed by atoms with van der Waals surface area (Å²) >= 11 is 0. The Balaban J connectivity index is 0.000000905. The van der Waals surface area contributed by atoms with Crippen molar-refractivity contribution in [3.05, 3.63) is 70.3 Å². The molecule has 2 aromatic carbocycles. The highest BCUT2D eigenvalue weighted by molar-refractivity contribution is 5.91. The molecule has 0 saturated heterocycles. The van der Waals surface area contributed by atoms with E-state index in [1.807, 2.05) is 26.0 Å². The van der Waals surface area contributed by atoms with Crippen molar-refractivity contribution in [2.75, 3.05) is 6.54 Å². The lowest BCUT2D eigenvalue weighted by Crippen LogP contribution is -2.92. The zero-order valence-electron chi connectivity index (χ0n) is 24.2. The average molecular weight is 529 g/mol. The van der Waals surface area contributed by atoms with Crippen LogP contribution >= 0.6 is 0 Å². The first-order chi connectivity index (χ1) is 17.6. The van der Waals surface area contributed by atoms with E-state index in [9.17, 15) is 19.5 Å². The Labute approximate surface area is 227 Å². The van der Waals surface area contributed by atoms with E-state index in [1.54, 1.807) is 51.1 Å². The molecule has 8 nitrogen and oxygen atoms in total. The zero-order valence-corrected chi connectivity index (χ0v) is 24.2. The normalized spacial score (nSPS) is 11.9. The van der Waals surface area contributed by atoms with Gasteiger partial charge in [-0.05, 0) is 85.1 Å². The number of ether oxygens (including phenoxy) is 2. The molecule has 38 heavy (non-hydrogen) atoms. The first kappa shape index (κ1) is 32.6. The molecule has 0 fully saturated rings. The Morgan fingerprint density at radius 3 is 1.97 bits per heavy atom. The van der Waals surface area contributed by atoms with Crippen LogP contribution in [0.1, 0.15) is 87.0 Å². The number of carboxylic acid groups (broad SMARTS) is 1. The Morgan fingerprint density at radius 2 is 1.53 bits per heavy atom. The summed E-state index contributed by atoms with van der Waals surface area (Å²) in [6.07, 6.45) is -0.700. The second kappa shape index (κ2) is 15.1. The summed E-state index contributed by atoms with van der Waals surface area (Å²) < 4.78 is 10.5. The molecule has 0 saturated carbocycles. The fraction of sp³-hybridized carbons (Fsp3) is 0.500. The number of carbonyl (C=O) groups excluding carboxylic acids is 3. The molecule has 0 aliphatic rings. The maximum Gasteiger partial charge on any atom is 0.407 e. The lowest BCUT2D eigenvalue weighted by atomic mass is 9.98. The van der Waals surface area contributed by atoms with Gasteiger partial charge in [-0.2, -0.15) is 0 Å². The number of aliphatic carboxylic acids is 1. The van der Waals surface area contributed by atoms with E-state index >= 15 is 0 Å². The van der Waals surface area contributed by atoms with Gasteiger partial charge in [0, 0.05) is 12.5 Å². The van der Waals surface area contributed by atoms with Crippen LogP contribution in [0.3, 0.4) is 0 Å². The minimum Gasteiger partial charge on any atom is -0.549 e. The van der Waals surface area contributed by atoms with Gasteiger partial charge in [-0.1, -0.05) is 42.0 Å². The quantitative estimate of drug-likeness (QED) is 0.481. The smallest absolute Gasteiger partial charge is 0.407 e. The number of hydrogen-bond donors (Lipinski definition) is 2. The number of aryl methyl sites for hydroxylation is 2. The number of benzene rings is 2. The van der Waals surface area contributed by atoms with Crippen LogP contribution in [-0.4, -0.2) is 42.3 Å². The van der Waals surface area contributed by atoms with Gasteiger partial charge in [0.25, 0.3) is 0 Å². The number of rotatable bonds is 9. The standard InChI is InChI=1S/C24H29NO6.C6H15N/c1-15-6-11-19(16(2)12-15)22(28)30-14-17-7-9-18(10-8-17)20(21(26)27)13-25-23(29)31-24(3,4)5;1-5(2)7-6(3)4/h6-12,20H,13-14H2,1-5H3,(H,25,29)(H,26,27);5-7H,1-4H3/t20-;/m1./s1. The van der Waals surface area contributed by atoms with E-state index in [2.05, 4.69) is 38.3 Å². The Bertz CT molecular complexity index is 1050. The van der Waals surface area contributed by atoms with Crippen LogP contribution in [0.25, 0.3) is 0 Å². The summed E-state index contributed by atoms with van der Waals surface area (Å²) in [6.45, 7) is 17.7. The van der Waals surface area contributed by atoms with Crippen molar-refractivity contribution in [1.29, 1.82) is 0 Å². The highest BCUT2D eigenvalue weighted by atomic mass is 16.6. The van der Waals surface area contributed by atoms with Crippen molar-refractivity contribution in [3.8, 4) is 0 Å². The van der Waals surface area contributed by atoms with Crippen LogP contribution in [0.2, 0.25) is 0 Å². The number of hydrogen-bond acceptors (Lipinski definition) is 6. The number of quaternary nitrogens is 1. The van der Waals surface area contributed by atoms with E-state index < -0.39 is 29.6 Å². The van der Waals surface area contributed by atoms with Crippen molar-refractivity contribution >= 4 is 18.0 Å². The molecule has 0 bridgehead atoms. The summed E-state index contributed by atoms with van der Waals surface area (Å²) in [5, 5.41) is 16.3. The molecule has 210 valence electrons. The molecule has 0 aliphatic heterocycles. The highest BCUT2D eigenvalue weighted by Gasteiger charge is 2.19. The van der Waals surface area contributed by atoms with Gasteiger partial charge in [0.1, 0.15) is 12.2 Å². The molecule has 1 atom stereocenters. The summed E-state index contributed by atoms with van der Waals surface area (Å²) in [6, 6.07) is 13.6. The third kappa shape index (κ3) is 12.7. The molecule has 0 aromatic heterocycles. The van der Waals surface area contributed by atoms with Crippen LogP contribution in [0.4, 0.5) is 4.79 Å². The number of carbonyl (C=O) groups is 3. The zero-order chi connectivity index (χ0) is 29.0. The largest absolute Gasteiger partial charge is 0.549 e. The molecule has 8 heteroatoms. The van der Waals surface area contributed by atoms with Crippen molar-refractivity contribution in [3.63, 3.8) is 0 Å². The van der Waals surface area contributed by atoms with Gasteiger partial charge >= 0.3 is 12.1 Å². The van der Waals surface area contributed by atoms with Crippen LogP contribution in [-0.2, 0) is 20.9 Å². The van der Waals surface area contributed by atoms with Gasteiger partial charge in [0.05, 0.1) is 23.6 Å². The number of nitrogens with one attached hydrogen (secondary N) is 1. The van der Waals surface area contributed by atoms with Gasteiger partial charge < -0.3 is 30.0 Å². The second-order valence-electron chi connectivity index (χ2n) is 11.1. The minimum absolute atomic E-state index is 0.0541. The Kier molecular flexibility index (Phi) is 13.0. The van der Waals surface area contributed by atoms with Crippen molar-refractivity contribution < 1.29 is 34.3 Å². The van der Waals surface area contributed by atoms with Crippen LogP contribution in [0.15, 0.2) is 42.5 Å². The highest BCUT2D eigenvalue weighted by Crippen LogP contribution is 2.18. The van der Waals surface area contributed by atoms with Gasteiger partial charge in [-0.15, -0.1) is 0 Å². The molecule has 0 aliphatic carbocycles. The van der Waals surface area contributed by atoms with Gasteiger partial charge in [-0.25, -0.2) is 9.59 Å². The van der Waals surface area contributed by atoms with Gasteiger partial charge in [0.15, 0.2) is 0 Å². The average Bonchev–Trinajstić information content (AvgIpc) is 2.76. The predicted molar refractivity (Wildman–Crippen MR) is 146 cm³/mol. The SMILES string of the molecule is CC(C)[NH2+]C(C)C.Cc1ccc(C(=O)OCc2ccc([C@@H](CNC(=O)OC(C)(C)C)C(=O)[O-])cc2)c(C)c1. The van der Waals surface area contributed by atoms with E-state index in [1.165, 1.54) is 0 Å². The lowest BCUT2D eigenvalue weighted by Gasteiger charge is -2.23. The van der Waals surface area contributed by atoms with E-state index in [0.29, 0.717) is 16.7 Å². The summed E-state index contributed by atoms with van der Waals surface area (Å²) in [5.41, 5.74) is 2.90. The second-order valence-corrected chi connectivity index (χ2v) is 11.1. The topological polar surface area (TPSA) is 121 Å². The van der Waals surface area contributed by atoms with Gasteiger partial charge in [-0.3, -0.25) is 0 Å². The third-order valence-electron chi connectivity index (χ3n) is 5.26. The molecule has 2 aromatic rings. The third-order valence-corrected chi connectivity index (χ3v) is 5.26. The molecule has 0 spiro atoms. The van der Waals surface area contributed by atoms with E-state index in [0.717, 1.165) is 23.2 Å². The maximum absolute atomic E-state index is 12.3. The molecule has 0 radical (unpaired) electrons. The van der Waals surface area contributed by atoms with Gasteiger partial charge in [0.2, 0.25) is 0 Å². The predicted octanol–water partition coefficient (Wildman–Crippen LogP) is 3.39. The fourth-order valence-electron chi connectivity index (χ4n) is 3.72. The molecule has 1 amide bonds. The molecule has 3 N–H and O–H groups in total. The van der Waals surface area contributed by atoms with Crippen molar-refractivity contribution in [1.82, 2.24) is 5.32 Å². The summed E-state index contributed by atoms with van der Waals surface area (Å²) in [4.78, 5) is 35.6. The monoisotopic (exact) mass is 528 g/mol. The number of amides is 1. The van der Waals surface area contributed by atoms with E-state index in [-0.39, 0.29) is 13.2 Å². The summed E-state index contributed by atoms with van der Waals surface area (Å²) in [7, 11) is 0. The number of nitrogens with two attached hydrogens (primary N) is 1. The van der Waals surface area contributed by atoms with E-state index in [4.69, 9.17) is 9.47 Å². The van der Waals surface area contributed by atoms with Crippen molar-refractivity contribution in [2.45, 2.75) is 92.5 Å². The lowest BCUT2D eigenvalue weighted by molar-refractivity contribution is -0.709. The Hall–Kier alpha value is -3.39. The fourth-order valence-corrected chi connectivity index (χ4v) is 3.72. The molecule has 0 unspecified atom stereocenters. The maximum atomic E-state index is 12.3. The van der Waals surface area contributed by atoms with Crippen molar-refractivity contribution in [2.24, 2.45) is 0 Å².